The van der Waals surface area contributed by atoms with Crippen LogP contribution in [0.3, 0.4) is 0 Å². The molecule has 0 radical (unpaired) electrons. The first-order valence-electron chi connectivity index (χ1n) is 3.91. The van der Waals surface area contributed by atoms with Crippen molar-refractivity contribution >= 4 is 16.9 Å². The molecule has 0 bridgehead atoms. The lowest BCUT2D eigenvalue weighted by molar-refractivity contribution is -0.108. The van der Waals surface area contributed by atoms with Crippen molar-refractivity contribution in [3.63, 3.8) is 0 Å². The van der Waals surface area contributed by atoms with Gasteiger partial charge in [0.05, 0.1) is 0 Å². The molecular formula is C8H13NOS. The van der Waals surface area contributed by atoms with Gasteiger partial charge in [0.25, 0.3) is 0 Å². The average Bonchev–Trinajstić information content (AvgIpc) is 2.07. The number of hydrogen-bond acceptors (Lipinski definition) is 3. The first-order valence-corrected chi connectivity index (χ1v) is 4.90. The molecular weight excluding hydrogens is 158 g/mol. The third-order valence-corrected chi connectivity index (χ3v) is 2.38. The Labute approximate surface area is 71.4 Å². The van der Waals surface area contributed by atoms with Gasteiger partial charge in [0.1, 0.15) is 0 Å². The summed E-state index contributed by atoms with van der Waals surface area (Å²) in [6.07, 6.45) is 3.03. The molecule has 1 aliphatic rings. The molecule has 0 saturated carbocycles. The first kappa shape index (κ1) is 8.81. The Morgan fingerprint density at radius 2 is 2.64 bits per heavy atom. The minimum absolute atomic E-state index is 0.236. The zero-order chi connectivity index (χ0) is 8.10. The molecule has 0 aromatic heterocycles. The van der Waals surface area contributed by atoms with Crippen LogP contribution in [-0.2, 0) is 4.79 Å². The van der Waals surface area contributed by atoms with Crippen LogP contribution in [0.25, 0.3) is 0 Å². The van der Waals surface area contributed by atoms with E-state index in [0.717, 1.165) is 30.8 Å². The van der Waals surface area contributed by atoms with E-state index in [1.54, 1.807) is 0 Å². The SMILES string of the molecule is CCSC(=O)C1=CCCNC1. The largest absolute Gasteiger partial charge is 0.312 e. The molecule has 0 aromatic carbocycles. The van der Waals surface area contributed by atoms with Crippen molar-refractivity contribution < 1.29 is 4.79 Å². The zero-order valence-corrected chi connectivity index (χ0v) is 7.54. The molecule has 3 heteroatoms. The van der Waals surface area contributed by atoms with Crippen molar-refractivity contribution in [1.29, 1.82) is 0 Å². The van der Waals surface area contributed by atoms with E-state index in [1.807, 2.05) is 13.0 Å². The van der Waals surface area contributed by atoms with Crippen LogP contribution in [0.5, 0.6) is 0 Å². The van der Waals surface area contributed by atoms with E-state index in [1.165, 1.54) is 11.8 Å². The molecule has 0 fully saturated rings. The smallest absolute Gasteiger partial charge is 0.216 e. The van der Waals surface area contributed by atoms with E-state index in [2.05, 4.69) is 5.32 Å². The van der Waals surface area contributed by atoms with Gasteiger partial charge in [-0.05, 0) is 18.7 Å². The quantitative estimate of drug-likeness (QED) is 0.676. The van der Waals surface area contributed by atoms with Crippen molar-refractivity contribution in [1.82, 2.24) is 5.32 Å². The van der Waals surface area contributed by atoms with Crippen LogP contribution in [-0.4, -0.2) is 24.0 Å². The minimum Gasteiger partial charge on any atom is -0.312 e. The number of carbonyl (C=O) groups is 1. The monoisotopic (exact) mass is 171 g/mol. The van der Waals surface area contributed by atoms with Gasteiger partial charge in [-0.15, -0.1) is 0 Å². The van der Waals surface area contributed by atoms with E-state index in [-0.39, 0.29) is 5.12 Å². The lowest BCUT2D eigenvalue weighted by Crippen LogP contribution is -2.25. The van der Waals surface area contributed by atoms with Gasteiger partial charge in [0.15, 0.2) is 0 Å². The lowest BCUT2D eigenvalue weighted by Gasteiger charge is -2.11. The molecule has 2 nitrogen and oxygen atoms in total. The number of hydrogen-bond donors (Lipinski definition) is 1. The summed E-state index contributed by atoms with van der Waals surface area (Å²) < 4.78 is 0. The van der Waals surface area contributed by atoms with Crippen LogP contribution in [0.15, 0.2) is 11.6 Å². The first-order chi connectivity index (χ1) is 5.34. The summed E-state index contributed by atoms with van der Waals surface area (Å²) >= 11 is 1.39. The molecule has 1 aliphatic heterocycles. The minimum atomic E-state index is 0.236. The summed E-state index contributed by atoms with van der Waals surface area (Å²) in [6, 6.07) is 0. The van der Waals surface area contributed by atoms with Gasteiger partial charge in [-0.3, -0.25) is 4.79 Å². The van der Waals surface area contributed by atoms with Gasteiger partial charge in [0.2, 0.25) is 5.12 Å². The fraction of sp³-hybridized carbons (Fsp3) is 0.625. The highest BCUT2D eigenvalue weighted by Crippen LogP contribution is 2.11. The van der Waals surface area contributed by atoms with Crippen LogP contribution >= 0.6 is 11.8 Å². The van der Waals surface area contributed by atoms with Crippen molar-refractivity contribution in [2.75, 3.05) is 18.8 Å². The Balaban J connectivity index is 2.44. The Bertz CT molecular complexity index is 177. The summed E-state index contributed by atoms with van der Waals surface area (Å²) in [7, 11) is 0. The molecule has 0 spiro atoms. The third-order valence-electron chi connectivity index (χ3n) is 1.56. The number of carbonyl (C=O) groups excluding carboxylic acids is 1. The lowest BCUT2D eigenvalue weighted by atomic mass is 10.2. The van der Waals surface area contributed by atoms with E-state index < -0.39 is 0 Å². The topological polar surface area (TPSA) is 29.1 Å². The van der Waals surface area contributed by atoms with Crippen molar-refractivity contribution in [2.45, 2.75) is 13.3 Å². The predicted octanol–water partition coefficient (Wildman–Crippen LogP) is 1.19. The van der Waals surface area contributed by atoms with Crippen molar-refractivity contribution in [2.24, 2.45) is 0 Å². The molecule has 62 valence electrons. The molecule has 1 N–H and O–H groups in total. The highest BCUT2D eigenvalue weighted by Gasteiger charge is 2.10. The van der Waals surface area contributed by atoms with Gasteiger partial charge in [-0.1, -0.05) is 24.8 Å². The highest BCUT2D eigenvalue weighted by atomic mass is 32.2. The second-order valence-corrected chi connectivity index (χ2v) is 3.65. The number of nitrogens with one attached hydrogen (secondary N) is 1. The molecule has 0 aliphatic carbocycles. The van der Waals surface area contributed by atoms with Gasteiger partial charge < -0.3 is 5.32 Å². The third kappa shape index (κ3) is 2.67. The fourth-order valence-electron chi connectivity index (χ4n) is 1.02. The molecule has 0 atom stereocenters. The highest BCUT2D eigenvalue weighted by molar-refractivity contribution is 8.14. The van der Waals surface area contributed by atoms with Crippen molar-refractivity contribution in [3.05, 3.63) is 11.6 Å². The summed E-state index contributed by atoms with van der Waals surface area (Å²) in [5, 5.41) is 3.41. The Morgan fingerprint density at radius 1 is 1.82 bits per heavy atom. The Kier molecular flexibility index (Phi) is 3.66. The van der Waals surface area contributed by atoms with Gasteiger partial charge >= 0.3 is 0 Å². The van der Waals surface area contributed by atoms with Gasteiger partial charge in [-0.25, -0.2) is 0 Å². The molecule has 0 aromatic rings. The summed E-state index contributed by atoms with van der Waals surface area (Å²) in [5.74, 6) is 0.871. The normalized spacial score (nSPS) is 17.7. The van der Waals surface area contributed by atoms with Crippen LogP contribution in [0, 0.1) is 0 Å². The average molecular weight is 171 g/mol. The fourth-order valence-corrected chi connectivity index (χ4v) is 1.63. The van der Waals surface area contributed by atoms with E-state index in [4.69, 9.17) is 0 Å². The van der Waals surface area contributed by atoms with Crippen molar-refractivity contribution in [3.8, 4) is 0 Å². The second-order valence-electron chi connectivity index (χ2n) is 2.42. The maximum Gasteiger partial charge on any atom is 0.216 e. The summed E-state index contributed by atoms with van der Waals surface area (Å²) in [6.45, 7) is 3.76. The molecule has 1 rings (SSSR count). The van der Waals surface area contributed by atoms with E-state index in [0.29, 0.717) is 0 Å². The molecule has 0 unspecified atom stereocenters. The predicted molar refractivity (Wildman–Crippen MR) is 48.7 cm³/mol. The van der Waals surface area contributed by atoms with Crippen LogP contribution in [0.4, 0.5) is 0 Å². The Hall–Kier alpha value is -0.280. The summed E-state index contributed by atoms with van der Waals surface area (Å²) in [5.41, 5.74) is 0.947. The maximum atomic E-state index is 11.3. The van der Waals surface area contributed by atoms with E-state index >= 15 is 0 Å². The van der Waals surface area contributed by atoms with Gasteiger partial charge in [-0.2, -0.15) is 0 Å². The zero-order valence-electron chi connectivity index (χ0n) is 6.72. The number of rotatable bonds is 2. The van der Waals surface area contributed by atoms with Crippen LogP contribution < -0.4 is 5.32 Å². The van der Waals surface area contributed by atoms with Crippen LogP contribution in [0.1, 0.15) is 13.3 Å². The van der Waals surface area contributed by atoms with Crippen LogP contribution in [0.2, 0.25) is 0 Å². The molecule has 0 saturated heterocycles. The second kappa shape index (κ2) is 4.57. The summed E-state index contributed by atoms with van der Waals surface area (Å²) in [4.78, 5) is 11.3. The van der Waals surface area contributed by atoms with Gasteiger partial charge in [0, 0.05) is 12.1 Å². The van der Waals surface area contributed by atoms with E-state index in [9.17, 15) is 4.79 Å². The number of thioether (sulfide) groups is 1. The molecule has 11 heavy (non-hydrogen) atoms. The Morgan fingerprint density at radius 3 is 3.18 bits per heavy atom. The molecule has 0 amide bonds. The standard InChI is InChI=1S/C8H13NOS/c1-2-11-8(10)7-4-3-5-9-6-7/h4,9H,2-3,5-6H2,1H3. The maximum absolute atomic E-state index is 11.3. The molecule has 1 heterocycles.